The topological polar surface area (TPSA) is 46.2 Å². The molecule has 3 aliphatic rings. The number of hydrogen-bond acceptors (Lipinski definition) is 2. The summed E-state index contributed by atoms with van der Waals surface area (Å²) in [7, 11) is 0. The lowest BCUT2D eigenvalue weighted by Gasteiger charge is -2.54. The molecule has 3 saturated carbocycles. The van der Waals surface area contributed by atoms with Gasteiger partial charge in [-0.2, -0.15) is 0 Å². The van der Waals surface area contributed by atoms with E-state index in [1.165, 1.54) is 19.3 Å². The van der Waals surface area contributed by atoms with Gasteiger partial charge in [0.05, 0.1) is 5.60 Å². The summed E-state index contributed by atoms with van der Waals surface area (Å²) < 4.78 is 0. The van der Waals surface area contributed by atoms with Crippen LogP contribution in [-0.4, -0.2) is 16.7 Å². The van der Waals surface area contributed by atoms with Crippen molar-refractivity contribution in [1.82, 2.24) is 0 Å². The smallest absolute Gasteiger partial charge is 0.0668 e. The molecule has 0 aromatic rings. The minimum Gasteiger partial charge on any atom is -0.390 e. The van der Waals surface area contributed by atoms with Crippen molar-refractivity contribution >= 4 is 0 Å². The molecule has 0 heterocycles. The van der Waals surface area contributed by atoms with Crippen molar-refractivity contribution in [3.63, 3.8) is 0 Å². The Balaban J connectivity index is 1.93. The van der Waals surface area contributed by atoms with E-state index in [-0.39, 0.29) is 11.6 Å². The third-order valence-electron chi connectivity index (χ3n) is 4.63. The molecule has 0 aliphatic heterocycles. The number of hydrogen-bond donors (Lipinski definition) is 2. The molecule has 2 nitrogen and oxygen atoms in total. The molecule has 0 radical (unpaired) electrons. The third kappa shape index (κ3) is 1.15. The quantitative estimate of drug-likeness (QED) is 0.591. The van der Waals surface area contributed by atoms with Crippen LogP contribution in [0.25, 0.3) is 0 Å². The number of aliphatic hydroxyl groups is 1. The second-order valence-corrected chi connectivity index (χ2v) is 5.60. The Hall–Kier alpha value is -0.0800. The van der Waals surface area contributed by atoms with E-state index in [1.54, 1.807) is 0 Å². The maximum atomic E-state index is 10.3. The number of nitrogens with two attached hydrogens (primary N) is 1. The lowest BCUT2D eigenvalue weighted by molar-refractivity contribution is -0.115. The van der Waals surface area contributed by atoms with Crippen LogP contribution in [0.15, 0.2) is 0 Å². The highest BCUT2D eigenvalue weighted by molar-refractivity contribution is 5.04. The number of rotatable bonds is 0. The Morgan fingerprint density at radius 1 is 1.15 bits per heavy atom. The SMILES string of the molecule is NC1CC2(O)CC3CCC1C(C3)C2. The highest BCUT2D eigenvalue weighted by Gasteiger charge is 2.51. The highest BCUT2D eigenvalue weighted by Crippen LogP contribution is 2.53. The zero-order chi connectivity index (χ0) is 9.05. The predicted molar refractivity (Wildman–Crippen MR) is 51.1 cm³/mol. The highest BCUT2D eigenvalue weighted by atomic mass is 16.3. The fraction of sp³-hybridized carbons (Fsp3) is 1.00. The molecular formula is C11H19NO. The summed E-state index contributed by atoms with van der Waals surface area (Å²) in [6, 6.07) is 0.282. The molecule has 0 saturated heterocycles. The van der Waals surface area contributed by atoms with Crippen LogP contribution in [0.2, 0.25) is 0 Å². The maximum absolute atomic E-state index is 10.3. The molecule has 0 aromatic heterocycles. The molecular weight excluding hydrogens is 162 g/mol. The lowest BCUT2D eigenvalue weighted by atomic mass is 9.54. The van der Waals surface area contributed by atoms with E-state index >= 15 is 0 Å². The van der Waals surface area contributed by atoms with Crippen molar-refractivity contribution in [2.24, 2.45) is 23.5 Å². The van der Waals surface area contributed by atoms with Crippen molar-refractivity contribution in [2.45, 2.75) is 50.2 Å². The van der Waals surface area contributed by atoms with E-state index < -0.39 is 0 Å². The second-order valence-electron chi connectivity index (χ2n) is 5.60. The van der Waals surface area contributed by atoms with Gasteiger partial charge >= 0.3 is 0 Å². The standard InChI is InChI=1S/C11H19NO/c12-10-6-11(13)4-7-1-2-9(10)8(3-7)5-11/h7-10,13H,1-6,12H2. The Morgan fingerprint density at radius 2 is 2.00 bits per heavy atom. The summed E-state index contributed by atoms with van der Waals surface area (Å²) in [6.45, 7) is 0. The Labute approximate surface area is 79.5 Å². The van der Waals surface area contributed by atoms with Gasteiger partial charge in [-0.15, -0.1) is 0 Å². The lowest BCUT2D eigenvalue weighted by Crippen LogP contribution is -2.56. The van der Waals surface area contributed by atoms with Gasteiger partial charge in [-0.05, 0) is 56.3 Å². The molecule has 3 aliphatic carbocycles. The van der Waals surface area contributed by atoms with Crippen LogP contribution in [0.3, 0.4) is 0 Å². The molecule has 13 heavy (non-hydrogen) atoms. The number of fused-ring (bicyclic) bond motifs is 2. The summed E-state index contributed by atoms with van der Waals surface area (Å²) in [5.74, 6) is 2.30. The van der Waals surface area contributed by atoms with Crippen molar-refractivity contribution in [2.75, 3.05) is 0 Å². The van der Waals surface area contributed by atoms with Crippen molar-refractivity contribution < 1.29 is 5.11 Å². The van der Waals surface area contributed by atoms with Crippen LogP contribution in [0.4, 0.5) is 0 Å². The van der Waals surface area contributed by atoms with Crippen molar-refractivity contribution in [3.8, 4) is 0 Å². The van der Waals surface area contributed by atoms with Crippen LogP contribution in [0, 0.1) is 17.8 Å². The van der Waals surface area contributed by atoms with Crippen LogP contribution in [0.1, 0.15) is 38.5 Å². The van der Waals surface area contributed by atoms with Gasteiger partial charge in [0.1, 0.15) is 0 Å². The summed E-state index contributed by atoms with van der Waals surface area (Å²) >= 11 is 0. The molecule has 2 heteroatoms. The predicted octanol–water partition coefficient (Wildman–Crippen LogP) is 1.27. The molecule has 0 spiro atoms. The average Bonchev–Trinajstić information content (AvgIpc) is 1.99. The van der Waals surface area contributed by atoms with Gasteiger partial charge in [0.25, 0.3) is 0 Å². The van der Waals surface area contributed by atoms with E-state index in [1.807, 2.05) is 0 Å². The molecule has 3 N–H and O–H groups in total. The van der Waals surface area contributed by atoms with E-state index in [9.17, 15) is 5.11 Å². The minimum absolute atomic E-state index is 0.282. The summed E-state index contributed by atoms with van der Waals surface area (Å²) in [4.78, 5) is 0. The average molecular weight is 181 g/mol. The first-order chi connectivity index (χ1) is 6.16. The van der Waals surface area contributed by atoms with E-state index in [0.29, 0.717) is 0 Å². The first-order valence-corrected chi connectivity index (χ1v) is 5.64. The third-order valence-corrected chi connectivity index (χ3v) is 4.63. The molecule has 5 atom stereocenters. The molecule has 3 rings (SSSR count). The van der Waals surface area contributed by atoms with Gasteiger partial charge in [-0.3, -0.25) is 0 Å². The van der Waals surface area contributed by atoms with Crippen LogP contribution < -0.4 is 5.73 Å². The minimum atomic E-state index is -0.371. The van der Waals surface area contributed by atoms with Gasteiger partial charge in [-0.1, -0.05) is 0 Å². The van der Waals surface area contributed by atoms with Gasteiger partial charge < -0.3 is 10.8 Å². The zero-order valence-corrected chi connectivity index (χ0v) is 8.08. The first-order valence-electron chi connectivity index (χ1n) is 5.64. The molecule has 0 aromatic carbocycles. The monoisotopic (exact) mass is 181 g/mol. The Kier molecular flexibility index (Phi) is 1.58. The molecule has 74 valence electrons. The fourth-order valence-electron chi connectivity index (χ4n) is 4.23. The van der Waals surface area contributed by atoms with E-state index in [4.69, 9.17) is 5.73 Å². The van der Waals surface area contributed by atoms with Crippen molar-refractivity contribution in [1.29, 1.82) is 0 Å². The van der Waals surface area contributed by atoms with E-state index in [0.717, 1.165) is 37.0 Å². The molecule has 0 amide bonds. The largest absolute Gasteiger partial charge is 0.390 e. The fourth-order valence-corrected chi connectivity index (χ4v) is 4.23. The van der Waals surface area contributed by atoms with E-state index in [2.05, 4.69) is 0 Å². The van der Waals surface area contributed by atoms with Crippen LogP contribution >= 0.6 is 0 Å². The van der Waals surface area contributed by atoms with Crippen LogP contribution in [-0.2, 0) is 0 Å². The van der Waals surface area contributed by atoms with Gasteiger partial charge in [0.15, 0.2) is 0 Å². The Bertz CT molecular complexity index is 221. The van der Waals surface area contributed by atoms with Crippen molar-refractivity contribution in [3.05, 3.63) is 0 Å². The van der Waals surface area contributed by atoms with Gasteiger partial charge in [0, 0.05) is 6.04 Å². The Morgan fingerprint density at radius 3 is 2.85 bits per heavy atom. The van der Waals surface area contributed by atoms with Crippen LogP contribution in [0.5, 0.6) is 0 Å². The molecule has 3 bridgehead atoms. The maximum Gasteiger partial charge on any atom is 0.0668 e. The summed E-state index contributed by atoms with van der Waals surface area (Å²) in [5, 5.41) is 10.3. The first kappa shape index (κ1) is 8.25. The van der Waals surface area contributed by atoms with Gasteiger partial charge in [0.2, 0.25) is 0 Å². The molecule has 5 unspecified atom stereocenters. The normalized spacial score (nSPS) is 59.5. The zero-order valence-electron chi connectivity index (χ0n) is 8.08. The summed E-state index contributed by atoms with van der Waals surface area (Å²) in [5.41, 5.74) is 5.76. The summed E-state index contributed by atoms with van der Waals surface area (Å²) in [6.07, 6.45) is 6.93. The second kappa shape index (κ2) is 2.48. The molecule has 3 fully saturated rings. The van der Waals surface area contributed by atoms with Gasteiger partial charge in [-0.25, -0.2) is 0 Å².